The van der Waals surface area contributed by atoms with Gasteiger partial charge < -0.3 is 9.47 Å². The van der Waals surface area contributed by atoms with E-state index in [9.17, 15) is 0 Å². The average Bonchev–Trinajstić information content (AvgIpc) is 2.31. The first kappa shape index (κ1) is 17.4. The number of hydrogen-bond acceptors (Lipinski definition) is 2. The van der Waals surface area contributed by atoms with Crippen molar-refractivity contribution in [2.75, 3.05) is 13.2 Å². The Morgan fingerprint density at radius 1 is 1.00 bits per heavy atom. The lowest BCUT2D eigenvalue weighted by atomic mass is 10.0. The van der Waals surface area contributed by atoms with Gasteiger partial charge in [0.25, 0.3) is 0 Å². The highest BCUT2D eigenvalue weighted by atomic mass is 28.1. The molecular formula is C15H28O2Si. The van der Waals surface area contributed by atoms with Crippen molar-refractivity contribution in [1.82, 2.24) is 0 Å². The molecule has 2 nitrogen and oxygen atoms in total. The number of aryl methyl sites for hydroxylation is 1. The van der Waals surface area contributed by atoms with Crippen LogP contribution in [0.5, 0.6) is 0 Å². The molecular weight excluding hydrogens is 240 g/mol. The van der Waals surface area contributed by atoms with Gasteiger partial charge in [-0.25, -0.2) is 0 Å². The average molecular weight is 268 g/mol. The van der Waals surface area contributed by atoms with Crippen molar-refractivity contribution >= 4 is 10.2 Å². The quantitative estimate of drug-likeness (QED) is 0.604. The van der Waals surface area contributed by atoms with E-state index in [2.05, 4.69) is 45.0 Å². The summed E-state index contributed by atoms with van der Waals surface area (Å²) in [5.74, 6) is 0.755. The second-order valence-electron chi connectivity index (χ2n) is 4.54. The molecule has 0 amide bonds. The molecule has 0 heterocycles. The molecule has 0 unspecified atom stereocenters. The second-order valence-corrected chi connectivity index (χ2v) is 5.49. The molecule has 1 rings (SSSR count). The summed E-state index contributed by atoms with van der Waals surface area (Å²) in [4.78, 5) is 0. The molecule has 18 heavy (non-hydrogen) atoms. The summed E-state index contributed by atoms with van der Waals surface area (Å²) in [7, 11) is 0.964. The third-order valence-corrected chi connectivity index (χ3v) is 3.21. The second kappa shape index (κ2) is 10.3. The van der Waals surface area contributed by atoms with Gasteiger partial charge in [-0.3, -0.25) is 0 Å². The van der Waals surface area contributed by atoms with Crippen molar-refractivity contribution in [2.45, 2.75) is 46.4 Å². The summed E-state index contributed by atoms with van der Waals surface area (Å²) in [5, 5.41) is 0. The van der Waals surface area contributed by atoms with Gasteiger partial charge in [-0.15, -0.1) is 0 Å². The third kappa shape index (κ3) is 8.45. The number of benzene rings is 1. The lowest BCUT2D eigenvalue weighted by Crippen LogP contribution is -2.16. The molecule has 0 saturated carbocycles. The van der Waals surface area contributed by atoms with Crippen LogP contribution in [-0.2, 0) is 9.47 Å². The first-order valence-corrected chi connectivity index (χ1v) is 7.96. The van der Waals surface area contributed by atoms with Crippen molar-refractivity contribution in [3.05, 3.63) is 35.4 Å². The van der Waals surface area contributed by atoms with Crippen molar-refractivity contribution in [3.8, 4) is 0 Å². The fourth-order valence-corrected chi connectivity index (χ4v) is 2.14. The number of ether oxygens (including phenoxy) is 2. The molecule has 0 atom stereocenters. The fourth-order valence-electron chi connectivity index (χ4n) is 1.47. The van der Waals surface area contributed by atoms with Crippen LogP contribution in [0.3, 0.4) is 0 Å². The van der Waals surface area contributed by atoms with Crippen LogP contribution in [0.4, 0.5) is 0 Å². The van der Waals surface area contributed by atoms with Crippen LogP contribution >= 0.6 is 0 Å². The molecule has 0 radical (unpaired) electrons. The first-order chi connectivity index (χ1) is 8.51. The van der Waals surface area contributed by atoms with Crippen molar-refractivity contribution in [3.63, 3.8) is 0 Å². The van der Waals surface area contributed by atoms with Crippen LogP contribution in [-0.4, -0.2) is 29.4 Å². The SMILES string of the molecule is CCOC([SiH3])OCC.Cc1ccc(C(C)C)cc1. The Bertz CT molecular complexity index is 290. The topological polar surface area (TPSA) is 18.5 Å². The van der Waals surface area contributed by atoms with Gasteiger partial charge in [0.05, 0.1) is 10.2 Å². The molecule has 1 aromatic carbocycles. The van der Waals surface area contributed by atoms with Crippen LogP contribution in [0.2, 0.25) is 0 Å². The molecule has 0 bridgehead atoms. The molecule has 0 saturated heterocycles. The van der Waals surface area contributed by atoms with Gasteiger partial charge >= 0.3 is 0 Å². The zero-order valence-corrected chi connectivity index (χ0v) is 14.7. The summed E-state index contributed by atoms with van der Waals surface area (Å²) in [6.45, 7) is 12.0. The molecule has 0 spiro atoms. The third-order valence-electron chi connectivity index (χ3n) is 2.55. The van der Waals surface area contributed by atoms with Crippen LogP contribution in [0.1, 0.15) is 44.7 Å². The maximum Gasteiger partial charge on any atom is 0.131 e. The standard InChI is InChI=1S/C10H14.C5H14O2Si/c1-8(2)10-6-4-9(3)5-7-10;1-3-6-5(8)7-4-2/h4-8H,1-3H3;5H,3-4H2,1-2,8H3. The van der Waals surface area contributed by atoms with E-state index in [1.54, 1.807) is 0 Å². The summed E-state index contributed by atoms with van der Waals surface area (Å²) < 4.78 is 10.2. The van der Waals surface area contributed by atoms with E-state index in [-0.39, 0.29) is 5.91 Å². The smallest absolute Gasteiger partial charge is 0.131 e. The maximum absolute atomic E-state index is 5.12. The van der Waals surface area contributed by atoms with Gasteiger partial charge in [0.15, 0.2) is 0 Å². The Labute approximate surface area is 115 Å². The molecule has 104 valence electrons. The minimum atomic E-state index is 0.102. The maximum atomic E-state index is 5.12. The van der Waals surface area contributed by atoms with Gasteiger partial charge in [0.2, 0.25) is 0 Å². The van der Waals surface area contributed by atoms with Crippen molar-refractivity contribution in [1.29, 1.82) is 0 Å². The van der Waals surface area contributed by atoms with Gasteiger partial charge in [-0.2, -0.15) is 0 Å². The van der Waals surface area contributed by atoms with Gasteiger partial charge in [0.1, 0.15) is 5.91 Å². The van der Waals surface area contributed by atoms with Crippen LogP contribution < -0.4 is 0 Å². The van der Waals surface area contributed by atoms with E-state index >= 15 is 0 Å². The van der Waals surface area contributed by atoms with Crippen molar-refractivity contribution in [2.24, 2.45) is 0 Å². The summed E-state index contributed by atoms with van der Waals surface area (Å²) >= 11 is 0. The van der Waals surface area contributed by atoms with Crippen LogP contribution in [0.25, 0.3) is 0 Å². The Kier molecular flexibility index (Phi) is 9.93. The highest BCUT2D eigenvalue weighted by Crippen LogP contribution is 2.13. The van der Waals surface area contributed by atoms with Gasteiger partial charge in [-0.1, -0.05) is 43.7 Å². The molecule has 0 aromatic heterocycles. The van der Waals surface area contributed by atoms with Crippen molar-refractivity contribution < 1.29 is 9.47 Å². The number of rotatable bonds is 5. The van der Waals surface area contributed by atoms with E-state index in [0.717, 1.165) is 23.5 Å². The highest BCUT2D eigenvalue weighted by molar-refractivity contribution is 6.09. The minimum Gasteiger partial charge on any atom is -0.358 e. The molecule has 3 heteroatoms. The zero-order valence-electron chi connectivity index (χ0n) is 12.7. The fraction of sp³-hybridized carbons (Fsp3) is 0.600. The van der Waals surface area contributed by atoms with E-state index < -0.39 is 0 Å². The predicted molar refractivity (Wildman–Crippen MR) is 82.2 cm³/mol. The lowest BCUT2D eigenvalue weighted by molar-refractivity contribution is -0.0801. The highest BCUT2D eigenvalue weighted by Gasteiger charge is 1.95. The molecule has 0 aliphatic rings. The molecule has 0 N–H and O–H groups in total. The number of hydrogen-bond donors (Lipinski definition) is 0. The molecule has 0 fully saturated rings. The van der Waals surface area contributed by atoms with Gasteiger partial charge in [-0.05, 0) is 32.3 Å². The van der Waals surface area contributed by atoms with Crippen LogP contribution in [0, 0.1) is 6.92 Å². The summed E-state index contributed by atoms with van der Waals surface area (Å²) in [6.07, 6.45) is 0. The molecule has 0 aliphatic heterocycles. The molecule has 0 aliphatic carbocycles. The summed E-state index contributed by atoms with van der Waals surface area (Å²) in [5.41, 5.74) is 2.76. The summed E-state index contributed by atoms with van der Waals surface area (Å²) in [6, 6.07) is 8.71. The monoisotopic (exact) mass is 268 g/mol. The van der Waals surface area contributed by atoms with E-state index in [0.29, 0.717) is 5.92 Å². The largest absolute Gasteiger partial charge is 0.358 e. The predicted octanol–water partition coefficient (Wildman–Crippen LogP) is 2.83. The Hall–Kier alpha value is -0.643. The molecule has 1 aromatic rings. The Balaban J connectivity index is 0.000000331. The Morgan fingerprint density at radius 3 is 1.78 bits per heavy atom. The lowest BCUT2D eigenvalue weighted by Gasteiger charge is -2.09. The van der Waals surface area contributed by atoms with Crippen LogP contribution in [0.15, 0.2) is 24.3 Å². The minimum absolute atomic E-state index is 0.102. The zero-order chi connectivity index (χ0) is 14.0. The Morgan fingerprint density at radius 2 is 1.44 bits per heavy atom. The normalized spacial score (nSPS) is 10.6. The van der Waals surface area contributed by atoms with Gasteiger partial charge in [0, 0.05) is 13.2 Å². The van der Waals surface area contributed by atoms with E-state index in [1.807, 2.05) is 13.8 Å². The van der Waals surface area contributed by atoms with E-state index in [4.69, 9.17) is 9.47 Å². The van der Waals surface area contributed by atoms with E-state index in [1.165, 1.54) is 11.1 Å². The first-order valence-electron chi connectivity index (χ1n) is 6.81.